The molecule has 37 heavy (non-hydrogen) atoms. The van der Waals surface area contributed by atoms with Crippen molar-refractivity contribution in [2.75, 3.05) is 6.61 Å². The molecule has 0 saturated heterocycles. The van der Waals surface area contributed by atoms with Crippen molar-refractivity contribution >= 4 is 0 Å². The van der Waals surface area contributed by atoms with E-state index in [1.807, 2.05) is 0 Å². The van der Waals surface area contributed by atoms with E-state index < -0.39 is 23.6 Å². The van der Waals surface area contributed by atoms with Gasteiger partial charge in [0.25, 0.3) is 0 Å². The van der Waals surface area contributed by atoms with Crippen LogP contribution in [0, 0.1) is 29.0 Å². The van der Waals surface area contributed by atoms with Gasteiger partial charge in [-0.2, -0.15) is 0 Å². The Hall–Kier alpha value is -1.79. The van der Waals surface area contributed by atoms with E-state index >= 15 is 0 Å². The van der Waals surface area contributed by atoms with Crippen LogP contribution in [-0.2, 0) is 16.9 Å². The molecule has 0 spiro atoms. The Labute approximate surface area is 221 Å². The third kappa shape index (κ3) is 6.11. The van der Waals surface area contributed by atoms with Gasteiger partial charge in [-0.1, -0.05) is 44.2 Å². The van der Waals surface area contributed by atoms with Crippen molar-refractivity contribution < 1.29 is 24.4 Å². The molecule has 6 atom stereocenters. The lowest BCUT2D eigenvalue weighted by molar-refractivity contribution is 0.0274. The second-order valence-electron chi connectivity index (χ2n) is 12.5. The first kappa shape index (κ1) is 28.2. The molecule has 3 aliphatic carbocycles. The number of halogens is 1. The van der Waals surface area contributed by atoms with Gasteiger partial charge in [0.2, 0.25) is 0 Å². The van der Waals surface area contributed by atoms with Crippen molar-refractivity contribution in [3.63, 3.8) is 0 Å². The first-order chi connectivity index (χ1) is 17.4. The van der Waals surface area contributed by atoms with Crippen LogP contribution in [0.3, 0.4) is 0 Å². The number of allylic oxidation sites excluding steroid dienone is 3. The van der Waals surface area contributed by atoms with Crippen molar-refractivity contribution in [3.05, 3.63) is 70.6 Å². The Morgan fingerprint density at radius 1 is 1.24 bits per heavy atom. The minimum absolute atomic E-state index is 0.234. The molecule has 0 amide bonds. The highest BCUT2D eigenvalue weighted by Crippen LogP contribution is 2.59. The maximum absolute atomic E-state index is 14.1. The second-order valence-corrected chi connectivity index (χ2v) is 12.5. The lowest BCUT2D eigenvalue weighted by Crippen LogP contribution is -2.37. The lowest BCUT2D eigenvalue weighted by atomic mass is 9.61. The summed E-state index contributed by atoms with van der Waals surface area (Å²) in [6.07, 6.45) is 9.99. The fourth-order valence-electron chi connectivity index (χ4n) is 7.29. The van der Waals surface area contributed by atoms with Gasteiger partial charge >= 0.3 is 0 Å². The van der Waals surface area contributed by atoms with Crippen LogP contribution in [0.2, 0.25) is 0 Å². The maximum atomic E-state index is 14.1. The molecule has 0 aliphatic heterocycles. The Balaban J connectivity index is 1.40. The first-order valence-electron chi connectivity index (χ1n) is 13.9. The van der Waals surface area contributed by atoms with E-state index in [0.29, 0.717) is 49.4 Å². The van der Waals surface area contributed by atoms with Gasteiger partial charge in [0.15, 0.2) is 0 Å². The van der Waals surface area contributed by atoms with Crippen LogP contribution in [0.4, 0.5) is 4.39 Å². The Morgan fingerprint density at radius 3 is 2.73 bits per heavy atom. The van der Waals surface area contributed by atoms with E-state index in [4.69, 9.17) is 4.74 Å². The van der Waals surface area contributed by atoms with E-state index in [2.05, 4.69) is 32.6 Å². The normalized spacial score (nSPS) is 33.7. The van der Waals surface area contributed by atoms with E-state index in [-0.39, 0.29) is 5.41 Å². The third-order valence-electron chi connectivity index (χ3n) is 9.33. The average Bonchev–Trinajstić information content (AvgIpc) is 3.18. The zero-order valence-corrected chi connectivity index (χ0v) is 23.0. The van der Waals surface area contributed by atoms with Crippen LogP contribution in [0.15, 0.2) is 53.6 Å². The smallest absolute Gasteiger partial charge is 0.129 e. The summed E-state index contributed by atoms with van der Waals surface area (Å²) in [5, 5.41) is 30.5. The molecule has 3 fully saturated rings. The van der Waals surface area contributed by atoms with Gasteiger partial charge in [-0.05, 0) is 104 Å². The molecule has 4 rings (SSSR count). The van der Waals surface area contributed by atoms with Crippen molar-refractivity contribution in [3.8, 4) is 0 Å². The number of hydrogen-bond acceptors (Lipinski definition) is 4. The maximum Gasteiger partial charge on any atom is 0.129 e. The summed E-state index contributed by atoms with van der Waals surface area (Å²) >= 11 is 0. The van der Waals surface area contributed by atoms with Crippen molar-refractivity contribution in [1.82, 2.24) is 0 Å². The lowest BCUT2D eigenvalue weighted by Gasteiger charge is -2.44. The molecule has 0 bridgehead atoms. The fourth-order valence-corrected chi connectivity index (χ4v) is 7.29. The quantitative estimate of drug-likeness (QED) is 0.398. The predicted octanol–water partition coefficient (Wildman–Crippen LogP) is 6.35. The molecule has 5 heteroatoms. The van der Waals surface area contributed by atoms with Gasteiger partial charge in [0.1, 0.15) is 5.82 Å². The number of rotatable bonds is 7. The highest BCUT2D eigenvalue weighted by molar-refractivity contribution is 5.38. The first-order valence-corrected chi connectivity index (χ1v) is 13.9. The summed E-state index contributed by atoms with van der Waals surface area (Å²) in [4.78, 5) is 0. The molecular weight excluding hydrogens is 467 g/mol. The molecule has 1 aromatic rings. The monoisotopic (exact) mass is 512 g/mol. The summed E-state index contributed by atoms with van der Waals surface area (Å²) in [5.41, 5.74) is 3.37. The Bertz CT molecular complexity index is 1050. The van der Waals surface area contributed by atoms with E-state index in [1.54, 1.807) is 26.0 Å². The number of fused-ring (bicyclic) bond motifs is 1. The molecular formula is C32H45FO4. The number of ether oxygens (including phenoxy) is 1. The molecule has 3 aliphatic rings. The van der Waals surface area contributed by atoms with Crippen LogP contribution >= 0.6 is 0 Å². The number of aliphatic hydroxyl groups is 3. The van der Waals surface area contributed by atoms with Crippen molar-refractivity contribution in [2.45, 2.75) is 97.1 Å². The van der Waals surface area contributed by atoms with Crippen LogP contribution < -0.4 is 0 Å². The fraction of sp³-hybridized carbons (Fsp3) is 0.625. The number of hydrogen-bond donors (Lipinski definition) is 3. The van der Waals surface area contributed by atoms with Crippen LogP contribution in [-0.4, -0.2) is 34.1 Å². The minimum Gasteiger partial charge on any atom is -0.393 e. The van der Waals surface area contributed by atoms with Gasteiger partial charge in [0, 0.05) is 18.6 Å². The predicted molar refractivity (Wildman–Crippen MR) is 145 cm³/mol. The van der Waals surface area contributed by atoms with E-state index in [1.165, 1.54) is 37.3 Å². The molecule has 0 aromatic heterocycles. The average molecular weight is 513 g/mol. The van der Waals surface area contributed by atoms with Gasteiger partial charge in [-0.25, -0.2) is 4.39 Å². The van der Waals surface area contributed by atoms with Crippen molar-refractivity contribution in [1.29, 1.82) is 0 Å². The van der Waals surface area contributed by atoms with E-state index in [0.717, 1.165) is 23.1 Å². The zero-order valence-electron chi connectivity index (χ0n) is 23.0. The summed E-state index contributed by atoms with van der Waals surface area (Å²) in [6.45, 7) is 13.0. The zero-order chi connectivity index (χ0) is 27.0. The largest absolute Gasteiger partial charge is 0.393 e. The number of benzene rings is 1. The summed E-state index contributed by atoms with van der Waals surface area (Å²) in [5.74, 6) is 1.13. The molecule has 204 valence electrons. The highest BCUT2D eigenvalue weighted by atomic mass is 19.1. The van der Waals surface area contributed by atoms with Crippen LogP contribution in [0.5, 0.6) is 0 Å². The summed E-state index contributed by atoms with van der Waals surface area (Å²) in [7, 11) is 0. The molecule has 1 aromatic carbocycles. The molecule has 0 radical (unpaired) electrons. The Morgan fingerprint density at radius 2 is 2.00 bits per heavy atom. The van der Waals surface area contributed by atoms with Gasteiger partial charge < -0.3 is 20.1 Å². The minimum atomic E-state index is -1.23. The molecule has 4 nitrogen and oxygen atoms in total. The summed E-state index contributed by atoms with van der Waals surface area (Å²) < 4.78 is 20.3. The SMILES string of the molecule is C=C1/C(=C\C=C2/CCC[C@@]3(C)C2CC[C@@H]3[C@@H](C)COCc2ccc(F)c(C(C)(C)O)c2)C[C@@H](O)C[C@@H]1O. The van der Waals surface area contributed by atoms with E-state index in [9.17, 15) is 19.7 Å². The standard InChI is InChI=1S/C32H45FO4/c1-20(18-37-19-22-8-13-29(33)28(15-22)31(3,4)36)26-11-12-27-23(7-6-14-32(26,27)5)9-10-24-16-25(34)17-30(35)21(24)2/h8-10,13,15,20,25-27,30,34-36H,2,6-7,11-12,14,16-19H2,1,3-5H3/b23-9+,24-10-/t20-,25+,26+,27?,30-,32+/m0/s1. The second kappa shape index (κ2) is 11.1. The van der Waals surface area contributed by atoms with Gasteiger partial charge in [0.05, 0.1) is 24.4 Å². The Kier molecular flexibility index (Phi) is 8.49. The molecule has 0 heterocycles. The molecule has 3 saturated carbocycles. The number of aliphatic hydroxyl groups excluding tert-OH is 2. The topological polar surface area (TPSA) is 69.9 Å². The van der Waals surface area contributed by atoms with Crippen molar-refractivity contribution in [2.24, 2.45) is 23.2 Å². The molecule has 3 N–H and O–H groups in total. The highest BCUT2D eigenvalue weighted by Gasteiger charge is 2.50. The summed E-state index contributed by atoms with van der Waals surface area (Å²) in [6, 6.07) is 4.85. The van der Waals surface area contributed by atoms with Crippen LogP contribution in [0.25, 0.3) is 0 Å². The van der Waals surface area contributed by atoms with Gasteiger partial charge in [-0.15, -0.1) is 0 Å². The third-order valence-corrected chi connectivity index (χ3v) is 9.33. The van der Waals surface area contributed by atoms with Gasteiger partial charge in [-0.3, -0.25) is 0 Å². The molecule has 1 unspecified atom stereocenters. The van der Waals surface area contributed by atoms with Crippen LogP contribution in [0.1, 0.15) is 83.8 Å².